The second kappa shape index (κ2) is 6.82. The predicted molar refractivity (Wildman–Crippen MR) is 97.5 cm³/mol. The van der Waals surface area contributed by atoms with E-state index < -0.39 is 0 Å². The predicted octanol–water partition coefficient (Wildman–Crippen LogP) is 2.46. The number of carbonyl (C=O) groups excluding carboxylic acids is 2. The minimum absolute atomic E-state index is 0.000298. The highest BCUT2D eigenvalue weighted by molar-refractivity contribution is 6.00. The highest BCUT2D eigenvalue weighted by Gasteiger charge is 2.41. The maximum absolute atomic E-state index is 13.0. The van der Waals surface area contributed by atoms with Gasteiger partial charge in [-0.3, -0.25) is 9.59 Å². The molecule has 1 saturated carbocycles. The standard InChI is InChI=1S/C20H26N2O4/c1-13(2)11-22(15-3-4-15)20(24)14-9-19(23)21(12-14)16-5-6-17-18(10-16)26-8-7-25-17/h5-6,10,13-15H,3-4,7-9,11-12H2,1-2H3. The number of hydrogen-bond acceptors (Lipinski definition) is 4. The van der Waals surface area contributed by atoms with Crippen LogP contribution in [0.25, 0.3) is 0 Å². The lowest BCUT2D eigenvalue weighted by Gasteiger charge is -2.27. The molecule has 2 heterocycles. The van der Waals surface area contributed by atoms with E-state index in [9.17, 15) is 9.59 Å². The Balaban J connectivity index is 1.49. The van der Waals surface area contributed by atoms with E-state index in [2.05, 4.69) is 13.8 Å². The van der Waals surface area contributed by atoms with Gasteiger partial charge in [0.15, 0.2) is 11.5 Å². The Labute approximate surface area is 154 Å². The van der Waals surface area contributed by atoms with E-state index in [0.29, 0.717) is 43.2 Å². The molecule has 0 N–H and O–H groups in total. The molecular formula is C20H26N2O4. The third-order valence-electron chi connectivity index (χ3n) is 5.14. The van der Waals surface area contributed by atoms with Crippen LogP contribution in [-0.2, 0) is 9.59 Å². The van der Waals surface area contributed by atoms with Crippen LogP contribution in [0.2, 0.25) is 0 Å². The van der Waals surface area contributed by atoms with Crippen molar-refractivity contribution in [1.82, 2.24) is 4.90 Å². The second-order valence-electron chi connectivity index (χ2n) is 7.85. The summed E-state index contributed by atoms with van der Waals surface area (Å²) in [5.74, 6) is 1.68. The second-order valence-corrected chi connectivity index (χ2v) is 7.85. The van der Waals surface area contributed by atoms with Crippen molar-refractivity contribution in [3.05, 3.63) is 18.2 Å². The van der Waals surface area contributed by atoms with Gasteiger partial charge in [0.1, 0.15) is 13.2 Å². The molecule has 1 unspecified atom stereocenters. The van der Waals surface area contributed by atoms with Crippen LogP contribution in [0.5, 0.6) is 11.5 Å². The van der Waals surface area contributed by atoms with Gasteiger partial charge in [-0.15, -0.1) is 0 Å². The quantitative estimate of drug-likeness (QED) is 0.811. The van der Waals surface area contributed by atoms with Gasteiger partial charge in [-0.1, -0.05) is 13.8 Å². The van der Waals surface area contributed by atoms with E-state index in [1.807, 2.05) is 23.1 Å². The highest BCUT2D eigenvalue weighted by Crippen LogP contribution is 2.37. The highest BCUT2D eigenvalue weighted by atomic mass is 16.6. The molecule has 2 amide bonds. The number of nitrogens with zero attached hydrogens (tertiary/aromatic N) is 2. The van der Waals surface area contributed by atoms with E-state index in [1.54, 1.807) is 4.90 Å². The van der Waals surface area contributed by atoms with Crippen LogP contribution in [0, 0.1) is 11.8 Å². The fraction of sp³-hybridized carbons (Fsp3) is 0.600. The average molecular weight is 358 g/mol. The molecule has 6 nitrogen and oxygen atoms in total. The molecule has 1 atom stereocenters. The minimum atomic E-state index is -0.255. The Morgan fingerprint density at radius 1 is 1.23 bits per heavy atom. The van der Waals surface area contributed by atoms with Gasteiger partial charge in [-0.25, -0.2) is 0 Å². The van der Waals surface area contributed by atoms with Crippen LogP contribution in [0.1, 0.15) is 33.1 Å². The molecule has 26 heavy (non-hydrogen) atoms. The monoisotopic (exact) mass is 358 g/mol. The molecular weight excluding hydrogens is 332 g/mol. The third kappa shape index (κ3) is 3.37. The lowest BCUT2D eigenvalue weighted by Crippen LogP contribution is -2.41. The van der Waals surface area contributed by atoms with Gasteiger partial charge in [-0.05, 0) is 30.9 Å². The van der Waals surface area contributed by atoms with Crippen LogP contribution in [0.15, 0.2) is 18.2 Å². The van der Waals surface area contributed by atoms with E-state index in [-0.39, 0.29) is 24.2 Å². The molecule has 1 aromatic rings. The number of fused-ring (bicyclic) bond motifs is 1. The normalized spacial score (nSPS) is 22.0. The molecule has 2 aliphatic heterocycles. The van der Waals surface area contributed by atoms with E-state index in [1.165, 1.54) is 0 Å². The van der Waals surface area contributed by atoms with Gasteiger partial charge in [0.25, 0.3) is 0 Å². The average Bonchev–Trinajstić information content (AvgIpc) is 3.40. The van der Waals surface area contributed by atoms with Crippen molar-refractivity contribution in [1.29, 1.82) is 0 Å². The van der Waals surface area contributed by atoms with Gasteiger partial charge < -0.3 is 19.3 Å². The van der Waals surface area contributed by atoms with Crippen molar-refractivity contribution < 1.29 is 19.1 Å². The van der Waals surface area contributed by atoms with Crippen LogP contribution in [-0.4, -0.2) is 49.1 Å². The zero-order valence-corrected chi connectivity index (χ0v) is 15.4. The van der Waals surface area contributed by atoms with Crippen molar-refractivity contribution in [2.24, 2.45) is 11.8 Å². The molecule has 0 bridgehead atoms. The SMILES string of the molecule is CC(C)CN(C(=O)C1CC(=O)N(c2ccc3c(c2)OCCO3)C1)C1CC1. The Hall–Kier alpha value is -2.24. The summed E-state index contributed by atoms with van der Waals surface area (Å²) in [4.78, 5) is 29.3. The lowest BCUT2D eigenvalue weighted by atomic mass is 10.1. The molecule has 3 aliphatic rings. The van der Waals surface area contributed by atoms with Gasteiger partial charge in [0.2, 0.25) is 11.8 Å². The Bertz CT molecular complexity index is 714. The first-order valence-corrected chi connectivity index (χ1v) is 9.53. The maximum Gasteiger partial charge on any atom is 0.228 e. The fourth-order valence-electron chi connectivity index (χ4n) is 3.76. The number of carbonyl (C=O) groups is 2. The molecule has 1 aliphatic carbocycles. The summed E-state index contributed by atoms with van der Waals surface area (Å²) in [6.45, 7) is 6.53. The van der Waals surface area contributed by atoms with Crippen molar-refractivity contribution >= 4 is 17.5 Å². The smallest absolute Gasteiger partial charge is 0.228 e. The Morgan fingerprint density at radius 2 is 1.96 bits per heavy atom. The van der Waals surface area contributed by atoms with Gasteiger partial charge >= 0.3 is 0 Å². The van der Waals surface area contributed by atoms with Crippen LogP contribution >= 0.6 is 0 Å². The molecule has 2 fully saturated rings. The summed E-state index contributed by atoms with van der Waals surface area (Å²) in [5, 5.41) is 0. The topological polar surface area (TPSA) is 59.1 Å². The summed E-state index contributed by atoms with van der Waals surface area (Å²) in [7, 11) is 0. The van der Waals surface area contributed by atoms with Crippen LogP contribution in [0.3, 0.4) is 0 Å². The Morgan fingerprint density at radius 3 is 2.65 bits per heavy atom. The lowest BCUT2D eigenvalue weighted by molar-refractivity contribution is -0.136. The first kappa shape index (κ1) is 17.2. The number of amides is 2. The maximum atomic E-state index is 13.0. The van der Waals surface area contributed by atoms with Crippen molar-refractivity contribution in [2.45, 2.75) is 39.2 Å². The summed E-state index contributed by atoms with van der Waals surface area (Å²) in [6, 6.07) is 5.92. The first-order valence-electron chi connectivity index (χ1n) is 9.53. The van der Waals surface area contributed by atoms with Crippen molar-refractivity contribution in [3.8, 4) is 11.5 Å². The zero-order valence-electron chi connectivity index (χ0n) is 15.4. The van der Waals surface area contributed by atoms with Gasteiger partial charge in [-0.2, -0.15) is 0 Å². The first-order chi connectivity index (χ1) is 12.5. The molecule has 1 saturated heterocycles. The summed E-state index contributed by atoms with van der Waals surface area (Å²) in [5.41, 5.74) is 0.774. The molecule has 0 radical (unpaired) electrons. The number of rotatable bonds is 5. The number of anilines is 1. The third-order valence-corrected chi connectivity index (χ3v) is 5.14. The summed E-state index contributed by atoms with van der Waals surface area (Å²) >= 11 is 0. The van der Waals surface area contributed by atoms with E-state index in [0.717, 1.165) is 25.1 Å². The van der Waals surface area contributed by atoms with Crippen LogP contribution < -0.4 is 14.4 Å². The molecule has 140 valence electrons. The largest absolute Gasteiger partial charge is 0.486 e. The zero-order chi connectivity index (χ0) is 18.3. The van der Waals surface area contributed by atoms with Crippen LogP contribution in [0.4, 0.5) is 5.69 Å². The van der Waals surface area contributed by atoms with Crippen molar-refractivity contribution in [3.63, 3.8) is 0 Å². The summed E-state index contributed by atoms with van der Waals surface area (Å²) in [6.07, 6.45) is 2.46. The van der Waals surface area contributed by atoms with Gasteiger partial charge in [0, 0.05) is 37.3 Å². The fourth-order valence-corrected chi connectivity index (χ4v) is 3.76. The molecule has 0 aromatic heterocycles. The van der Waals surface area contributed by atoms with E-state index >= 15 is 0 Å². The van der Waals surface area contributed by atoms with Gasteiger partial charge in [0.05, 0.1) is 5.92 Å². The molecule has 0 spiro atoms. The minimum Gasteiger partial charge on any atom is -0.486 e. The molecule has 1 aromatic carbocycles. The number of benzene rings is 1. The number of ether oxygens (including phenoxy) is 2. The van der Waals surface area contributed by atoms with E-state index in [4.69, 9.17) is 9.47 Å². The van der Waals surface area contributed by atoms with Crippen molar-refractivity contribution in [2.75, 3.05) is 31.2 Å². The molecule has 4 rings (SSSR count). The molecule has 6 heteroatoms. The Kier molecular flexibility index (Phi) is 4.51. The number of hydrogen-bond donors (Lipinski definition) is 0. The summed E-state index contributed by atoms with van der Waals surface area (Å²) < 4.78 is 11.2.